The summed E-state index contributed by atoms with van der Waals surface area (Å²) in [5, 5.41) is 7.00. The molecule has 1 aromatic carbocycles. The van der Waals surface area contributed by atoms with Gasteiger partial charge < -0.3 is 9.84 Å². The Labute approximate surface area is 138 Å². The van der Waals surface area contributed by atoms with Gasteiger partial charge in [-0.2, -0.15) is 0 Å². The molecule has 0 aliphatic carbocycles. The maximum Gasteiger partial charge on any atom is 0.273 e. The third-order valence-electron chi connectivity index (χ3n) is 3.65. The summed E-state index contributed by atoms with van der Waals surface area (Å²) in [6, 6.07) is 8.13. The minimum absolute atomic E-state index is 0.0300. The Morgan fingerprint density at radius 2 is 2.17 bits per heavy atom. The molecular weight excluding hydrogens is 340 g/mol. The average Bonchev–Trinajstić information content (AvgIpc) is 2.96. The lowest BCUT2D eigenvalue weighted by Gasteiger charge is -2.22. The van der Waals surface area contributed by atoms with Crippen LogP contribution in [0.25, 0.3) is 11.3 Å². The summed E-state index contributed by atoms with van der Waals surface area (Å²) in [6.07, 6.45) is 1.20. The van der Waals surface area contributed by atoms with Crippen LogP contribution in [0.15, 0.2) is 34.9 Å². The summed E-state index contributed by atoms with van der Waals surface area (Å²) >= 11 is 5.92. The smallest absolute Gasteiger partial charge is 0.273 e. The van der Waals surface area contributed by atoms with Crippen molar-refractivity contribution >= 4 is 27.3 Å². The van der Waals surface area contributed by atoms with E-state index in [2.05, 4.69) is 10.5 Å². The fourth-order valence-electron chi connectivity index (χ4n) is 2.56. The van der Waals surface area contributed by atoms with Gasteiger partial charge in [0.25, 0.3) is 5.91 Å². The van der Waals surface area contributed by atoms with Crippen LogP contribution < -0.4 is 5.32 Å². The third-order valence-corrected chi connectivity index (χ3v) is 5.71. The number of halogens is 1. The van der Waals surface area contributed by atoms with Crippen molar-refractivity contribution in [2.24, 2.45) is 0 Å². The Hall–Kier alpha value is -1.86. The number of sulfone groups is 1. The first-order valence-electron chi connectivity index (χ1n) is 7.17. The first-order chi connectivity index (χ1) is 10.9. The zero-order valence-electron chi connectivity index (χ0n) is 12.2. The fourth-order valence-corrected chi connectivity index (χ4v) is 4.38. The van der Waals surface area contributed by atoms with Gasteiger partial charge in [-0.05, 0) is 25.0 Å². The van der Waals surface area contributed by atoms with Crippen LogP contribution in [0, 0.1) is 0 Å². The number of nitrogens with zero attached hydrogens (tertiary/aromatic N) is 1. The summed E-state index contributed by atoms with van der Waals surface area (Å²) in [6.45, 7) is 0. The van der Waals surface area contributed by atoms with Crippen molar-refractivity contribution in [2.75, 3.05) is 11.5 Å². The first-order valence-corrected chi connectivity index (χ1v) is 9.37. The summed E-state index contributed by atoms with van der Waals surface area (Å²) < 4.78 is 28.4. The van der Waals surface area contributed by atoms with E-state index in [1.165, 1.54) is 6.07 Å². The second-order valence-electron chi connectivity index (χ2n) is 5.51. The second-order valence-corrected chi connectivity index (χ2v) is 8.18. The highest BCUT2D eigenvalue weighted by Crippen LogP contribution is 2.23. The van der Waals surface area contributed by atoms with Gasteiger partial charge in [0, 0.05) is 22.7 Å². The Balaban J connectivity index is 1.71. The Morgan fingerprint density at radius 1 is 1.35 bits per heavy atom. The zero-order chi connectivity index (χ0) is 16.4. The van der Waals surface area contributed by atoms with Gasteiger partial charge in [-0.1, -0.05) is 28.9 Å². The standard InChI is InChI=1S/C15H15ClN2O4S/c16-11-4-1-3-10(7-11)14-8-13(18-22-14)15(19)17-12-5-2-6-23(20,21)9-12/h1,3-4,7-8,12H,2,5-6,9H2,(H,17,19). The molecular formula is C15H15ClN2O4S. The van der Waals surface area contributed by atoms with Crippen molar-refractivity contribution in [3.8, 4) is 11.3 Å². The predicted molar refractivity (Wildman–Crippen MR) is 86.1 cm³/mol. The van der Waals surface area contributed by atoms with Crippen LogP contribution in [0.4, 0.5) is 0 Å². The van der Waals surface area contributed by atoms with Gasteiger partial charge in [0.2, 0.25) is 0 Å². The van der Waals surface area contributed by atoms with Crippen LogP contribution in [-0.4, -0.2) is 37.0 Å². The summed E-state index contributed by atoms with van der Waals surface area (Å²) in [5.41, 5.74) is 0.826. The van der Waals surface area contributed by atoms with E-state index < -0.39 is 15.7 Å². The molecule has 8 heteroatoms. The molecule has 0 bridgehead atoms. The van der Waals surface area contributed by atoms with Crippen molar-refractivity contribution < 1.29 is 17.7 Å². The maximum atomic E-state index is 12.2. The zero-order valence-corrected chi connectivity index (χ0v) is 13.7. The third kappa shape index (κ3) is 3.92. The van der Waals surface area contributed by atoms with Crippen LogP contribution >= 0.6 is 11.6 Å². The number of hydrogen-bond donors (Lipinski definition) is 1. The monoisotopic (exact) mass is 354 g/mol. The van der Waals surface area contributed by atoms with Crippen molar-refractivity contribution in [1.82, 2.24) is 10.5 Å². The Kier molecular flexibility index (Phi) is 4.41. The minimum Gasteiger partial charge on any atom is -0.355 e. The molecule has 0 saturated carbocycles. The van der Waals surface area contributed by atoms with Gasteiger partial charge in [0.1, 0.15) is 0 Å². The molecule has 1 aliphatic heterocycles. The number of carbonyl (C=O) groups is 1. The topological polar surface area (TPSA) is 89.3 Å². The first kappa shape index (κ1) is 16.0. The molecule has 0 spiro atoms. The average molecular weight is 355 g/mol. The van der Waals surface area contributed by atoms with E-state index >= 15 is 0 Å². The lowest BCUT2D eigenvalue weighted by molar-refractivity contribution is 0.0929. The van der Waals surface area contributed by atoms with Crippen molar-refractivity contribution in [3.05, 3.63) is 41.0 Å². The number of carbonyl (C=O) groups excluding carboxylic acids is 1. The highest BCUT2D eigenvalue weighted by molar-refractivity contribution is 7.91. The van der Waals surface area contributed by atoms with Crippen LogP contribution in [0.3, 0.4) is 0 Å². The molecule has 122 valence electrons. The van der Waals surface area contributed by atoms with Gasteiger partial charge in [-0.15, -0.1) is 0 Å². The van der Waals surface area contributed by atoms with E-state index in [1.807, 2.05) is 0 Å². The number of hydrogen-bond acceptors (Lipinski definition) is 5. The molecule has 1 atom stereocenters. The molecule has 6 nitrogen and oxygen atoms in total. The van der Waals surface area contributed by atoms with Gasteiger partial charge in [0.15, 0.2) is 21.3 Å². The lowest BCUT2D eigenvalue weighted by Crippen LogP contribution is -2.43. The molecule has 1 unspecified atom stereocenters. The van der Waals surface area contributed by atoms with Gasteiger partial charge in [0.05, 0.1) is 11.5 Å². The summed E-state index contributed by atoms with van der Waals surface area (Å²) in [5.74, 6) is 0.137. The van der Waals surface area contributed by atoms with Gasteiger partial charge in [-0.3, -0.25) is 4.79 Å². The number of rotatable bonds is 3. The molecule has 1 N–H and O–H groups in total. The van der Waals surface area contributed by atoms with Crippen LogP contribution in [-0.2, 0) is 9.84 Å². The van der Waals surface area contributed by atoms with E-state index in [0.717, 1.165) is 0 Å². The largest absolute Gasteiger partial charge is 0.355 e. The van der Waals surface area contributed by atoms with E-state index in [4.69, 9.17) is 16.1 Å². The van der Waals surface area contributed by atoms with Crippen LogP contribution in [0.1, 0.15) is 23.3 Å². The molecule has 2 heterocycles. The van der Waals surface area contributed by atoms with Gasteiger partial charge in [-0.25, -0.2) is 8.42 Å². The van der Waals surface area contributed by atoms with E-state index in [1.54, 1.807) is 24.3 Å². The van der Waals surface area contributed by atoms with Crippen LogP contribution in [0.2, 0.25) is 5.02 Å². The Bertz CT molecular complexity index is 832. The van der Waals surface area contributed by atoms with Crippen LogP contribution in [0.5, 0.6) is 0 Å². The highest BCUT2D eigenvalue weighted by atomic mass is 35.5. The molecule has 1 aliphatic rings. The second kappa shape index (κ2) is 6.33. The lowest BCUT2D eigenvalue weighted by atomic mass is 10.1. The van der Waals surface area contributed by atoms with Gasteiger partial charge >= 0.3 is 0 Å². The minimum atomic E-state index is -3.08. The normalized spacial score (nSPS) is 20.1. The molecule has 3 rings (SSSR count). The quantitative estimate of drug-likeness (QED) is 0.913. The number of amides is 1. The molecule has 2 aromatic rings. The fraction of sp³-hybridized carbons (Fsp3) is 0.333. The van der Waals surface area contributed by atoms with Crippen molar-refractivity contribution in [3.63, 3.8) is 0 Å². The van der Waals surface area contributed by atoms with E-state index in [9.17, 15) is 13.2 Å². The SMILES string of the molecule is O=C(NC1CCCS(=O)(=O)C1)c1cc(-c2cccc(Cl)c2)on1. The van der Waals surface area contributed by atoms with Crippen molar-refractivity contribution in [1.29, 1.82) is 0 Å². The molecule has 23 heavy (non-hydrogen) atoms. The highest BCUT2D eigenvalue weighted by Gasteiger charge is 2.27. The summed E-state index contributed by atoms with van der Waals surface area (Å²) in [7, 11) is -3.08. The van der Waals surface area contributed by atoms with E-state index in [0.29, 0.717) is 29.2 Å². The molecule has 0 radical (unpaired) electrons. The molecule has 1 saturated heterocycles. The summed E-state index contributed by atoms with van der Waals surface area (Å²) in [4.78, 5) is 12.2. The molecule has 1 amide bonds. The van der Waals surface area contributed by atoms with Crippen molar-refractivity contribution in [2.45, 2.75) is 18.9 Å². The number of aromatic nitrogens is 1. The predicted octanol–water partition coefficient (Wildman–Crippen LogP) is 2.30. The maximum absolute atomic E-state index is 12.2. The molecule has 1 fully saturated rings. The molecule has 1 aromatic heterocycles. The van der Waals surface area contributed by atoms with E-state index in [-0.39, 0.29) is 23.2 Å². The number of nitrogens with one attached hydrogen (secondary N) is 1. The number of benzene rings is 1. The Morgan fingerprint density at radius 3 is 2.91 bits per heavy atom.